The van der Waals surface area contributed by atoms with Gasteiger partial charge in [-0.2, -0.15) is 9.97 Å². The van der Waals surface area contributed by atoms with E-state index in [1.807, 2.05) is 0 Å². The summed E-state index contributed by atoms with van der Waals surface area (Å²) in [7, 11) is 1.37. The van der Waals surface area contributed by atoms with E-state index >= 15 is 8.78 Å². The van der Waals surface area contributed by atoms with Gasteiger partial charge in [-0.15, -0.1) is 0 Å². The molecular formula is C37H41F4N5O5. The first-order chi connectivity index (χ1) is 24.4. The van der Waals surface area contributed by atoms with Crippen LogP contribution in [0, 0.1) is 23.0 Å². The molecule has 14 heteroatoms. The molecule has 0 spiro atoms. The van der Waals surface area contributed by atoms with Gasteiger partial charge in [-0.05, 0) is 62.7 Å². The van der Waals surface area contributed by atoms with Crippen LogP contribution in [0.25, 0.3) is 32.9 Å². The quantitative estimate of drug-likeness (QED) is 0.208. The van der Waals surface area contributed by atoms with Gasteiger partial charge in [0.15, 0.2) is 5.82 Å². The molecule has 4 atom stereocenters. The average Bonchev–Trinajstić information content (AvgIpc) is 3.53. The van der Waals surface area contributed by atoms with Crippen LogP contribution in [0.5, 0.6) is 17.6 Å². The van der Waals surface area contributed by atoms with E-state index in [-0.39, 0.29) is 95.2 Å². The lowest BCUT2D eigenvalue weighted by Crippen LogP contribution is -2.52. The Morgan fingerprint density at radius 1 is 1.06 bits per heavy atom. The maximum Gasteiger partial charge on any atom is 0.319 e. The van der Waals surface area contributed by atoms with Crippen LogP contribution in [0.15, 0.2) is 30.3 Å². The molecular weight excluding hydrogens is 670 g/mol. The summed E-state index contributed by atoms with van der Waals surface area (Å²) in [5, 5.41) is 22.2. The van der Waals surface area contributed by atoms with Gasteiger partial charge >= 0.3 is 6.01 Å². The number of anilines is 1. The Morgan fingerprint density at radius 2 is 1.86 bits per heavy atom. The molecule has 51 heavy (non-hydrogen) atoms. The third-order valence-electron chi connectivity index (χ3n) is 11.1. The van der Waals surface area contributed by atoms with E-state index in [0.29, 0.717) is 18.5 Å². The zero-order chi connectivity index (χ0) is 35.7. The van der Waals surface area contributed by atoms with Crippen molar-refractivity contribution < 1.29 is 42.0 Å². The number of hydrogen-bond donors (Lipinski definition) is 2. The third-order valence-corrected chi connectivity index (χ3v) is 11.1. The van der Waals surface area contributed by atoms with Crippen molar-refractivity contribution >= 4 is 27.5 Å². The predicted molar refractivity (Wildman–Crippen MR) is 181 cm³/mol. The topological polar surface area (TPSA) is 113 Å². The molecule has 2 saturated carbocycles. The number of piperidine rings is 1. The number of aliphatic hydroxyl groups is 1. The van der Waals surface area contributed by atoms with Crippen LogP contribution in [-0.4, -0.2) is 101 Å². The third kappa shape index (κ3) is 6.18. The summed E-state index contributed by atoms with van der Waals surface area (Å²) in [6, 6.07) is 6.94. The van der Waals surface area contributed by atoms with Crippen LogP contribution in [-0.2, 0) is 4.74 Å². The first-order valence-corrected chi connectivity index (χ1v) is 17.5. The number of phenols is 1. The highest BCUT2D eigenvalue weighted by molar-refractivity contribution is 6.02. The summed E-state index contributed by atoms with van der Waals surface area (Å²) in [5.41, 5.74) is -2.06. The second kappa shape index (κ2) is 12.6. The summed E-state index contributed by atoms with van der Waals surface area (Å²) in [6.45, 7) is 3.67. The molecule has 0 bridgehead atoms. The molecule has 2 aromatic heterocycles. The first kappa shape index (κ1) is 34.1. The highest BCUT2D eigenvalue weighted by Crippen LogP contribution is 2.53. The van der Waals surface area contributed by atoms with Gasteiger partial charge in [-0.25, -0.2) is 22.5 Å². The highest BCUT2D eigenvalue weighted by atomic mass is 19.3. The number of fused-ring (bicyclic) bond motifs is 3. The van der Waals surface area contributed by atoms with Crippen LogP contribution < -0.4 is 14.4 Å². The Balaban J connectivity index is 1.24. The van der Waals surface area contributed by atoms with Crippen molar-refractivity contribution in [1.29, 1.82) is 0 Å². The number of pyridine rings is 1. The Morgan fingerprint density at radius 3 is 2.65 bits per heavy atom. The summed E-state index contributed by atoms with van der Waals surface area (Å²) in [6.07, 6.45) is 4.30. The number of aromatic hydroxyl groups is 1. The van der Waals surface area contributed by atoms with E-state index in [1.54, 1.807) is 17.9 Å². The fraction of sp³-hybridized carbons (Fsp3) is 0.541. The zero-order valence-corrected chi connectivity index (χ0v) is 28.6. The molecule has 4 aromatic rings. The Kier molecular flexibility index (Phi) is 8.42. The summed E-state index contributed by atoms with van der Waals surface area (Å²) < 4.78 is 78.0. The fourth-order valence-corrected chi connectivity index (χ4v) is 8.65. The first-order valence-electron chi connectivity index (χ1n) is 17.5. The molecule has 2 aliphatic heterocycles. The average molecular weight is 712 g/mol. The molecule has 2 saturated heterocycles. The highest BCUT2D eigenvalue weighted by Gasteiger charge is 2.59. The number of halogens is 4. The van der Waals surface area contributed by atoms with Crippen molar-refractivity contribution in [2.24, 2.45) is 11.3 Å². The zero-order valence-electron chi connectivity index (χ0n) is 28.6. The molecule has 4 unspecified atom stereocenters. The van der Waals surface area contributed by atoms with E-state index in [0.717, 1.165) is 38.6 Å². The Labute approximate surface area is 292 Å². The molecule has 4 heterocycles. The van der Waals surface area contributed by atoms with Crippen molar-refractivity contribution in [2.75, 3.05) is 58.0 Å². The Bertz CT molecular complexity index is 2000. The van der Waals surface area contributed by atoms with Crippen molar-refractivity contribution in [3.8, 4) is 28.9 Å². The van der Waals surface area contributed by atoms with E-state index in [2.05, 4.69) is 14.9 Å². The molecule has 2 aromatic carbocycles. The van der Waals surface area contributed by atoms with Crippen molar-refractivity contribution in [2.45, 2.75) is 63.0 Å². The van der Waals surface area contributed by atoms with Crippen LogP contribution in [0.4, 0.5) is 23.4 Å². The number of β-amino-alcohol motifs (C(OH)–C–C–N with tert-alkyl or cyclic N) is 1. The maximum atomic E-state index is 17.0. The van der Waals surface area contributed by atoms with Gasteiger partial charge in [-0.3, -0.25) is 4.90 Å². The molecule has 2 aliphatic carbocycles. The van der Waals surface area contributed by atoms with Gasteiger partial charge in [0, 0.05) is 47.8 Å². The van der Waals surface area contributed by atoms with E-state index < -0.39 is 29.1 Å². The molecule has 272 valence electrons. The van der Waals surface area contributed by atoms with Crippen LogP contribution in [0.1, 0.15) is 45.4 Å². The number of methoxy groups -OCH3 is 1. The largest absolute Gasteiger partial charge is 0.508 e. The van der Waals surface area contributed by atoms with Crippen molar-refractivity contribution in [3.63, 3.8) is 0 Å². The number of nitrogens with zero attached hydrogens (tertiary/aromatic N) is 5. The lowest BCUT2D eigenvalue weighted by Gasteiger charge is -2.46. The Hall–Kier alpha value is -4.01. The van der Waals surface area contributed by atoms with Crippen molar-refractivity contribution in [3.05, 3.63) is 42.0 Å². The molecule has 0 amide bonds. The number of likely N-dealkylation sites (tertiary alicyclic amines) is 1. The molecule has 4 aliphatic rings. The van der Waals surface area contributed by atoms with Gasteiger partial charge in [0.2, 0.25) is 5.88 Å². The van der Waals surface area contributed by atoms with E-state index in [1.165, 1.54) is 31.4 Å². The van der Waals surface area contributed by atoms with E-state index in [4.69, 9.17) is 19.2 Å². The number of hydrogen-bond acceptors (Lipinski definition) is 10. The number of benzene rings is 2. The van der Waals surface area contributed by atoms with Gasteiger partial charge in [0.25, 0.3) is 5.92 Å². The minimum absolute atomic E-state index is 0.00533. The number of alkyl halides is 2. The van der Waals surface area contributed by atoms with Gasteiger partial charge in [-0.1, -0.05) is 18.6 Å². The van der Waals surface area contributed by atoms with Gasteiger partial charge in [0.1, 0.15) is 39.6 Å². The smallest absolute Gasteiger partial charge is 0.319 e. The minimum atomic E-state index is -2.59. The van der Waals surface area contributed by atoms with Crippen LogP contribution in [0.2, 0.25) is 0 Å². The summed E-state index contributed by atoms with van der Waals surface area (Å²) >= 11 is 0. The maximum absolute atomic E-state index is 17.0. The monoisotopic (exact) mass is 711 g/mol. The second-order valence-corrected chi connectivity index (χ2v) is 15.0. The summed E-state index contributed by atoms with van der Waals surface area (Å²) in [4.78, 5) is 17.8. The molecule has 2 N–H and O–H groups in total. The predicted octanol–water partition coefficient (Wildman–Crippen LogP) is 6.09. The fourth-order valence-electron chi connectivity index (χ4n) is 8.65. The molecule has 0 radical (unpaired) electrons. The normalized spacial score (nSPS) is 27.8. The summed E-state index contributed by atoms with van der Waals surface area (Å²) in [5.74, 6) is -4.78. The molecule has 8 rings (SSSR count). The minimum Gasteiger partial charge on any atom is -0.508 e. The molecule has 10 nitrogen and oxygen atoms in total. The number of aromatic nitrogens is 3. The lowest BCUT2D eigenvalue weighted by molar-refractivity contribution is -0.0124. The SMILES string of the molecule is COc1nc(-c2cc(O)cc3cccc(F)c23)c(F)c2nc(OCC34CCCC3N(CC3CC3(F)F)CCC4)nc(N3CCOCC(C)(O)C3)c12. The number of phenolic OH excluding ortho intramolecular Hbond substituents is 1. The van der Waals surface area contributed by atoms with E-state index in [9.17, 15) is 19.0 Å². The van der Waals surface area contributed by atoms with Gasteiger partial charge < -0.3 is 29.3 Å². The van der Waals surface area contributed by atoms with Gasteiger partial charge in [0.05, 0.1) is 33.5 Å². The van der Waals surface area contributed by atoms with Crippen LogP contribution >= 0.6 is 0 Å². The standard InChI is InChI=1S/C37H41F4N5O5/c1-35(48)18-46(12-13-50-19-35)32-28-31(29(39)30(42-33(28)49-2)24-15-23(47)14-21-6-3-7-25(38)27(21)24)43-34(44-32)51-20-36-9-4-8-26(36)45(11-5-10-36)17-22-16-37(22,40)41/h3,6-7,14-15,22,26,47-48H,4-5,8-13,16-20H2,1-2H3. The number of rotatable bonds is 8. The van der Waals surface area contributed by atoms with Crippen LogP contribution in [0.3, 0.4) is 0 Å². The molecule has 4 fully saturated rings. The van der Waals surface area contributed by atoms with Crippen molar-refractivity contribution in [1.82, 2.24) is 19.9 Å². The lowest BCUT2D eigenvalue weighted by atomic mass is 9.75. The second-order valence-electron chi connectivity index (χ2n) is 15.0. The number of ether oxygens (including phenoxy) is 3.